The zero-order valence-electron chi connectivity index (χ0n) is 15.4. The number of morpholine rings is 1. The number of hydrogen-bond acceptors (Lipinski definition) is 3. The third kappa shape index (κ3) is 3.55. The first-order valence-corrected chi connectivity index (χ1v) is 9.05. The average Bonchev–Trinajstić information content (AvgIpc) is 2.68. The molecule has 5 heteroatoms. The molecule has 4 rings (SSSR count). The van der Waals surface area contributed by atoms with Gasteiger partial charge in [-0.25, -0.2) is 4.39 Å². The van der Waals surface area contributed by atoms with Crippen molar-refractivity contribution in [2.45, 2.75) is 20.0 Å². The fraction of sp³-hybridized carbons (Fsp3) is 0.273. The molecule has 0 radical (unpaired) electrons. The van der Waals surface area contributed by atoms with Crippen LogP contribution < -0.4 is 0 Å². The van der Waals surface area contributed by atoms with Crippen LogP contribution in [-0.2, 0) is 4.74 Å². The molecule has 1 aliphatic rings. The highest BCUT2D eigenvalue weighted by Gasteiger charge is 2.27. The molecule has 138 valence electrons. The molecule has 4 nitrogen and oxygen atoms in total. The van der Waals surface area contributed by atoms with E-state index in [0.29, 0.717) is 25.3 Å². The summed E-state index contributed by atoms with van der Waals surface area (Å²) in [7, 11) is 0. The molecule has 0 aliphatic carbocycles. The lowest BCUT2D eigenvalue weighted by molar-refractivity contribution is -0.0228. The molecule has 27 heavy (non-hydrogen) atoms. The summed E-state index contributed by atoms with van der Waals surface area (Å²) in [6.07, 6.45) is -0.251. The minimum Gasteiger partial charge on any atom is -0.370 e. The average molecular weight is 364 g/mol. The third-order valence-corrected chi connectivity index (χ3v) is 4.99. The van der Waals surface area contributed by atoms with Crippen molar-refractivity contribution in [2.75, 3.05) is 19.7 Å². The van der Waals surface area contributed by atoms with Crippen LogP contribution in [0.2, 0.25) is 0 Å². The Morgan fingerprint density at radius 2 is 1.93 bits per heavy atom. The van der Waals surface area contributed by atoms with Crippen LogP contribution in [0.15, 0.2) is 48.5 Å². The molecule has 2 heterocycles. The summed E-state index contributed by atoms with van der Waals surface area (Å²) >= 11 is 0. The molecule has 0 bridgehead atoms. The Kier molecular flexibility index (Phi) is 4.62. The largest absolute Gasteiger partial charge is 0.370 e. The van der Waals surface area contributed by atoms with E-state index in [0.717, 1.165) is 27.7 Å². The van der Waals surface area contributed by atoms with Gasteiger partial charge in [0.1, 0.15) is 11.9 Å². The van der Waals surface area contributed by atoms with Crippen molar-refractivity contribution in [1.82, 2.24) is 9.88 Å². The number of fused-ring (bicyclic) bond motifs is 1. The summed E-state index contributed by atoms with van der Waals surface area (Å²) in [5.74, 6) is -0.325. The van der Waals surface area contributed by atoms with Crippen LogP contribution >= 0.6 is 0 Å². The van der Waals surface area contributed by atoms with Gasteiger partial charge in [0.25, 0.3) is 5.91 Å². The first-order chi connectivity index (χ1) is 13.0. The van der Waals surface area contributed by atoms with Gasteiger partial charge in [-0.2, -0.15) is 0 Å². The van der Waals surface area contributed by atoms with E-state index in [1.807, 2.05) is 38.1 Å². The maximum Gasteiger partial charge on any atom is 0.255 e. The third-order valence-electron chi connectivity index (χ3n) is 4.99. The molecule has 1 saturated heterocycles. The van der Waals surface area contributed by atoms with Gasteiger partial charge in [0.05, 0.1) is 29.9 Å². The monoisotopic (exact) mass is 364 g/mol. The molecule has 2 aromatic carbocycles. The van der Waals surface area contributed by atoms with E-state index >= 15 is 0 Å². The predicted molar refractivity (Wildman–Crippen MR) is 102 cm³/mol. The van der Waals surface area contributed by atoms with Gasteiger partial charge < -0.3 is 9.64 Å². The second kappa shape index (κ2) is 7.08. The molecular weight excluding hydrogens is 343 g/mol. The van der Waals surface area contributed by atoms with Crippen molar-refractivity contribution < 1.29 is 13.9 Å². The lowest BCUT2D eigenvalue weighted by Crippen LogP contribution is -2.42. The van der Waals surface area contributed by atoms with Crippen LogP contribution in [0.1, 0.15) is 33.3 Å². The molecule has 1 aliphatic heterocycles. The second-order valence-corrected chi connectivity index (χ2v) is 6.98. The minimum absolute atomic E-state index is 0.0428. The number of ether oxygens (including phenoxy) is 1. The number of rotatable bonds is 2. The van der Waals surface area contributed by atoms with Crippen LogP contribution in [0.4, 0.5) is 4.39 Å². The van der Waals surface area contributed by atoms with E-state index < -0.39 is 0 Å². The van der Waals surface area contributed by atoms with Crippen molar-refractivity contribution in [3.8, 4) is 0 Å². The number of pyridine rings is 1. The van der Waals surface area contributed by atoms with Gasteiger partial charge in [-0.3, -0.25) is 9.78 Å². The molecule has 0 spiro atoms. The number of aryl methyl sites for hydroxylation is 2. The summed E-state index contributed by atoms with van der Waals surface area (Å²) in [6, 6.07) is 14.2. The van der Waals surface area contributed by atoms with Crippen molar-refractivity contribution >= 4 is 16.8 Å². The molecule has 0 N–H and O–H groups in total. The van der Waals surface area contributed by atoms with Crippen LogP contribution in [0.3, 0.4) is 0 Å². The SMILES string of the molecule is Cc1ccc2nc(C)c(C(=O)N3CCOC(c4ccc(F)cc4)C3)cc2c1. The van der Waals surface area contributed by atoms with Crippen molar-refractivity contribution in [2.24, 2.45) is 0 Å². The fourth-order valence-electron chi connectivity index (χ4n) is 3.49. The van der Waals surface area contributed by atoms with Crippen molar-refractivity contribution in [1.29, 1.82) is 0 Å². The quantitative estimate of drug-likeness (QED) is 0.684. The van der Waals surface area contributed by atoms with E-state index in [9.17, 15) is 9.18 Å². The van der Waals surface area contributed by atoms with Gasteiger partial charge >= 0.3 is 0 Å². The lowest BCUT2D eigenvalue weighted by atomic mass is 10.0. The molecule has 0 saturated carbocycles. The highest BCUT2D eigenvalue weighted by molar-refractivity contribution is 5.98. The highest BCUT2D eigenvalue weighted by Crippen LogP contribution is 2.25. The van der Waals surface area contributed by atoms with E-state index in [1.165, 1.54) is 12.1 Å². The fourth-order valence-corrected chi connectivity index (χ4v) is 3.49. The smallest absolute Gasteiger partial charge is 0.255 e. The number of amides is 1. The predicted octanol–water partition coefficient (Wildman–Crippen LogP) is 4.20. The van der Waals surface area contributed by atoms with Crippen molar-refractivity contribution in [3.05, 3.63) is 76.7 Å². The first kappa shape index (κ1) is 17.6. The van der Waals surface area contributed by atoms with Gasteiger partial charge in [0.15, 0.2) is 0 Å². The topological polar surface area (TPSA) is 42.4 Å². The number of benzene rings is 2. The van der Waals surface area contributed by atoms with Crippen LogP contribution in [0, 0.1) is 19.7 Å². The Morgan fingerprint density at radius 1 is 1.15 bits per heavy atom. The standard InChI is InChI=1S/C22H21FN2O2/c1-14-3-8-20-17(11-14)12-19(15(2)24-20)22(26)25-9-10-27-21(13-25)16-4-6-18(23)7-5-16/h3-8,11-12,21H,9-10,13H2,1-2H3. The lowest BCUT2D eigenvalue weighted by Gasteiger charge is -2.33. The first-order valence-electron chi connectivity index (χ1n) is 9.05. The Hall–Kier alpha value is -2.79. The van der Waals surface area contributed by atoms with E-state index in [2.05, 4.69) is 4.98 Å². The zero-order valence-corrected chi connectivity index (χ0v) is 15.4. The molecule has 1 aromatic heterocycles. The second-order valence-electron chi connectivity index (χ2n) is 6.98. The minimum atomic E-state index is -0.282. The van der Waals surface area contributed by atoms with E-state index in [4.69, 9.17) is 4.74 Å². The number of nitrogens with zero attached hydrogens (tertiary/aromatic N) is 2. The van der Waals surface area contributed by atoms with Gasteiger partial charge in [-0.15, -0.1) is 0 Å². The van der Waals surface area contributed by atoms with E-state index in [1.54, 1.807) is 17.0 Å². The van der Waals surface area contributed by atoms with Crippen molar-refractivity contribution in [3.63, 3.8) is 0 Å². The van der Waals surface area contributed by atoms with E-state index in [-0.39, 0.29) is 17.8 Å². The highest BCUT2D eigenvalue weighted by atomic mass is 19.1. The van der Waals surface area contributed by atoms with Crippen LogP contribution in [0.5, 0.6) is 0 Å². The molecule has 1 unspecified atom stereocenters. The number of hydrogen-bond donors (Lipinski definition) is 0. The Bertz CT molecular complexity index is 1000. The number of carbonyl (C=O) groups excluding carboxylic acids is 1. The molecular formula is C22H21FN2O2. The Balaban J connectivity index is 1.61. The molecule has 1 amide bonds. The number of halogens is 1. The summed E-state index contributed by atoms with van der Waals surface area (Å²) in [6.45, 7) is 5.31. The zero-order chi connectivity index (χ0) is 19.0. The Morgan fingerprint density at radius 3 is 2.70 bits per heavy atom. The number of aromatic nitrogens is 1. The van der Waals surface area contributed by atoms with Crippen LogP contribution in [0.25, 0.3) is 10.9 Å². The molecule has 3 aromatic rings. The van der Waals surface area contributed by atoms with Gasteiger partial charge in [0, 0.05) is 11.9 Å². The Labute approximate surface area is 157 Å². The maximum atomic E-state index is 13.2. The van der Waals surface area contributed by atoms with Gasteiger partial charge in [0.2, 0.25) is 0 Å². The maximum absolute atomic E-state index is 13.2. The summed E-state index contributed by atoms with van der Waals surface area (Å²) in [5, 5.41) is 0.965. The summed E-state index contributed by atoms with van der Waals surface area (Å²) < 4.78 is 19.0. The van der Waals surface area contributed by atoms with Gasteiger partial charge in [-0.1, -0.05) is 23.8 Å². The molecule has 1 fully saturated rings. The summed E-state index contributed by atoms with van der Waals surface area (Å²) in [5.41, 5.74) is 4.24. The van der Waals surface area contributed by atoms with Gasteiger partial charge in [-0.05, 0) is 49.7 Å². The number of carbonyl (C=O) groups is 1. The summed E-state index contributed by atoms with van der Waals surface area (Å²) in [4.78, 5) is 19.5. The molecule has 1 atom stereocenters. The van der Waals surface area contributed by atoms with Crippen LogP contribution in [-0.4, -0.2) is 35.5 Å². The normalized spacial score (nSPS) is 17.3.